The molecule has 0 fully saturated rings. The molecule has 2 nitrogen and oxygen atoms in total. The van der Waals surface area contributed by atoms with Crippen LogP contribution >= 0.6 is 0 Å². The minimum absolute atomic E-state index is 0.796. The third kappa shape index (κ3) is 2.02. The average Bonchev–Trinajstić information content (AvgIpc) is 2.07. The summed E-state index contributed by atoms with van der Waals surface area (Å²) in [4.78, 5) is 8.34. The number of hydrogen-bond acceptors (Lipinski definition) is 2. The lowest BCUT2D eigenvalue weighted by atomic mass is 10.2. The van der Waals surface area contributed by atoms with E-state index in [9.17, 15) is 0 Å². The fourth-order valence-electron chi connectivity index (χ4n) is 0.876. The van der Waals surface area contributed by atoms with E-state index in [2.05, 4.69) is 16.5 Å². The second-order valence-corrected chi connectivity index (χ2v) is 2.58. The summed E-state index contributed by atoms with van der Waals surface area (Å²) in [6, 6.07) is 0. The quantitative estimate of drug-likeness (QED) is 0.620. The molecule has 0 aromatic carbocycles. The SMILES string of the molecule is C=C/C=C\c1nc(C)ncc1C. The van der Waals surface area contributed by atoms with Gasteiger partial charge in [-0.3, -0.25) is 0 Å². The van der Waals surface area contributed by atoms with E-state index < -0.39 is 0 Å². The van der Waals surface area contributed by atoms with Crippen LogP contribution in [-0.2, 0) is 0 Å². The van der Waals surface area contributed by atoms with Gasteiger partial charge in [-0.1, -0.05) is 18.7 Å². The Labute approximate surface area is 72.7 Å². The molecule has 1 heterocycles. The van der Waals surface area contributed by atoms with Gasteiger partial charge in [0.25, 0.3) is 0 Å². The Balaban J connectivity index is 3.04. The van der Waals surface area contributed by atoms with E-state index in [0.29, 0.717) is 0 Å². The molecule has 62 valence electrons. The van der Waals surface area contributed by atoms with Crippen molar-refractivity contribution in [2.24, 2.45) is 0 Å². The molecule has 0 aliphatic heterocycles. The van der Waals surface area contributed by atoms with Crippen LogP contribution in [0.4, 0.5) is 0 Å². The molecule has 0 aliphatic carbocycles. The highest BCUT2D eigenvalue weighted by Gasteiger charge is 1.95. The third-order valence-electron chi connectivity index (χ3n) is 1.52. The van der Waals surface area contributed by atoms with Crippen LogP contribution in [-0.4, -0.2) is 9.97 Å². The maximum atomic E-state index is 4.26. The van der Waals surface area contributed by atoms with Crippen LogP contribution < -0.4 is 0 Å². The Hall–Kier alpha value is -1.44. The average molecular weight is 160 g/mol. The van der Waals surface area contributed by atoms with Crippen LogP contribution in [0.3, 0.4) is 0 Å². The fourth-order valence-corrected chi connectivity index (χ4v) is 0.876. The maximum absolute atomic E-state index is 4.26. The van der Waals surface area contributed by atoms with Gasteiger partial charge in [-0.05, 0) is 25.5 Å². The first-order valence-electron chi connectivity index (χ1n) is 3.83. The molecule has 1 rings (SSSR count). The molecule has 0 bridgehead atoms. The standard InChI is InChI=1S/C10H12N2/c1-4-5-6-10-8(2)7-11-9(3)12-10/h4-7H,1H2,2-3H3/b6-5-. The van der Waals surface area contributed by atoms with Crippen LogP contribution in [0.5, 0.6) is 0 Å². The molecule has 0 aliphatic rings. The number of hydrogen-bond donors (Lipinski definition) is 0. The van der Waals surface area contributed by atoms with E-state index in [1.54, 1.807) is 6.08 Å². The van der Waals surface area contributed by atoms with Crippen molar-refractivity contribution in [3.63, 3.8) is 0 Å². The number of rotatable bonds is 2. The summed E-state index contributed by atoms with van der Waals surface area (Å²) in [7, 11) is 0. The van der Waals surface area contributed by atoms with E-state index in [1.807, 2.05) is 32.2 Å². The molecule has 12 heavy (non-hydrogen) atoms. The Bertz CT molecular complexity index is 314. The molecule has 0 atom stereocenters. The monoisotopic (exact) mass is 160 g/mol. The van der Waals surface area contributed by atoms with E-state index in [-0.39, 0.29) is 0 Å². The zero-order chi connectivity index (χ0) is 8.97. The fraction of sp³-hybridized carbons (Fsp3) is 0.200. The molecular weight excluding hydrogens is 148 g/mol. The molecule has 1 aromatic heterocycles. The first-order chi connectivity index (χ1) is 5.74. The molecule has 0 radical (unpaired) electrons. The van der Waals surface area contributed by atoms with E-state index in [4.69, 9.17) is 0 Å². The molecule has 2 heteroatoms. The Morgan fingerprint density at radius 1 is 1.42 bits per heavy atom. The van der Waals surface area contributed by atoms with Gasteiger partial charge in [-0.25, -0.2) is 9.97 Å². The minimum Gasteiger partial charge on any atom is -0.241 e. The van der Waals surface area contributed by atoms with Crippen LogP contribution in [0.15, 0.2) is 24.9 Å². The Morgan fingerprint density at radius 2 is 2.17 bits per heavy atom. The van der Waals surface area contributed by atoms with Gasteiger partial charge in [0.2, 0.25) is 0 Å². The Morgan fingerprint density at radius 3 is 2.83 bits per heavy atom. The molecule has 1 aromatic rings. The molecule has 0 spiro atoms. The lowest BCUT2D eigenvalue weighted by Gasteiger charge is -1.98. The molecule has 0 N–H and O–H groups in total. The Kier molecular flexibility index (Phi) is 2.75. The highest BCUT2D eigenvalue weighted by atomic mass is 14.9. The van der Waals surface area contributed by atoms with Crippen molar-refractivity contribution >= 4 is 6.08 Å². The van der Waals surface area contributed by atoms with Gasteiger partial charge in [-0.15, -0.1) is 0 Å². The zero-order valence-corrected chi connectivity index (χ0v) is 7.41. The van der Waals surface area contributed by atoms with Gasteiger partial charge >= 0.3 is 0 Å². The van der Waals surface area contributed by atoms with Crippen molar-refractivity contribution in [2.75, 3.05) is 0 Å². The van der Waals surface area contributed by atoms with Gasteiger partial charge in [0.05, 0.1) is 5.69 Å². The molecule has 0 saturated heterocycles. The highest BCUT2D eigenvalue weighted by Crippen LogP contribution is 2.05. The minimum atomic E-state index is 0.796. The topological polar surface area (TPSA) is 25.8 Å². The van der Waals surface area contributed by atoms with Gasteiger partial charge in [0.1, 0.15) is 5.82 Å². The maximum Gasteiger partial charge on any atom is 0.125 e. The number of nitrogens with zero attached hydrogens (tertiary/aromatic N) is 2. The summed E-state index contributed by atoms with van der Waals surface area (Å²) in [6.45, 7) is 7.47. The smallest absolute Gasteiger partial charge is 0.125 e. The second-order valence-electron chi connectivity index (χ2n) is 2.58. The summed E-state index contributed by atoms with van der Waals surface area (Å²) in [5.41, 5.74) is 2.04. The first kappa shape index (κ1) is 8.65. The van der Waals surface area contributed by atoms with Crippen LogP contribution in [0.2, 0.25) is 0 Å². The van der Waals surface area contributed by atoms with Crippen molar-refractivity contribution in [1.82, 2.24) is 9.97 Å². The lowest BCUT2D eigenvalue weighted by Crippen LogP contribution is -1.92. The van der Waals surface area contributed by atoms with Crippen LogP contribution in [0.1, 0.15) is 17.1 Å². The van der Waals surface area contributed by atoms with E-state index in [0.717, 1.165) is 17.1 Å². The summed E-state index contributed by atoms with van der Waals surface area (Å²) >= 11 is 0. The van der Waals surface area contributed by atoms with Crippen molar-refractivity contribution in [1.29, 1.82) is 0 Å². The number of aryl methyl sites for hydroxylation is 2. The molecular formula is C10H12N2. The number of aromatic nitrogens is 2. The van der Waals surface area contributed by atoms with Gasteiger partial charge in [0.15, 0.2) is 0 Å². The zero-order valence-electron chi connectivity index (χ0n) is 7.41. The van der Waals surface area contributed by atoms with E-state index in [1.165, 1.54) is 0 Å². The largest absolute Gasteiger partial charge is 0.241 e. The molecule has 0 amide bonds. The summed E-state index contributed by atoms with van der Waals surface area (Å²) in [5.74, 6) is 0.796. The normalized spacial score (nSPS) is 10.5. The van der Waals surface area contributed by atoms with Crippen molar-refractivity contribution in [3.05, 3.63) is 42.0 Å². The molecule has 0 saturated carbocycles. The predicted molar refractivity (Wildman–Crippen MR) is 50.7 cm³/mol. The van der Waals surface area contributed by atoms with Crippen molar-refractivity contribution in [3.8, 4) is 0 Å². The van der Waals surface area contributed by atoms with Crippen LogP contribution in [0.25, 0.3) is 6.08 Å². The summed E-state index contributed by atoms with van der Waals surface area (Å²) < 4.78 is 0. The number of allylic oxidation sites excluding steroid dienone is 2. The van der Waals surface area contributed by atoms with E-state index >= 15 is 0 Å². The summed E-state index contributed by atoms with van der Waals surface area (Å²) in [5, 5.41) is 0. The predicted octanol–water partition coefficient (Wildman–Crippen LogP) is 2.29. The first-order valence-corrected chi connectivity index (χ1v) is 3.83. The van der Waals surface area contributed by atoms with Gasteiger partial charge < -0.3 is 0 Å². The van der Waals surface area contributed by atoms with Crippen molar-refractivity contribution < 1.29 is 0 Å². The van der Waals surface area contributed by atoms with Gasteiger partial charge in [-0.2, -0.15) is 0 Å². The highest BCUT2D eigenvalue weighted by molar-refractivity contribution is 5.49. The lowest BCUT2D eigenvalue weighted by molar-refractivity contribution is 1.02. The van der Waals surface area contributed by atoms with Gasteiger partial charge in [0, 0.05) is 6.20 Å². The summed E-state index contributed by atoms with van der Waals surface area (Å²) in [6.07, 6.45) is 7.35. The third-order valence-corrected chi connectivity index (χ3v) is 1.52. The van der Waals surface area contributed by atoms with Crippen LogP contribution in [0, 0.1) is 13.8 Å². The van der Waals surface area contributed by atoms with Crippen molar-refractivity contribution in [2.45, 2.75) is 13.8 Å². The molecule has 0 unspecified atom stereocenters. The second kappa shape index (κ2) is 3.81.